The molecule has 1 aliphatic carbocycles. The minimum Gasteiger partial charge on any atom is -0.463 e. The zero-order chi connectivity index (χ0) is 13.5. The Morgan fingerprint density at radius 1 is 1.50 bits per heavy atom. The highest BCUT2D eigenvalue weighted by molar-refractivity contribution is 5.66. The molecule has 1 fully saturated rings. The molecule has 5 heteroatoms. The van der Waals surface area contributed by atoms with Crippen LogP contribution < -0.4 is 5.73 Å². The van der Waals surface area contributed by atoms with Gasteiger partial charge in [0.15, 0.2) is 0 Å². The van der Waals surface area contributed by atoms with Crippen molar-refractivity contribution in [1.82, 2.24) is 9.78 Å². The lowest BCUT2D eigenvalue weighted by Crippen LogP contribution is -2.32. The van der Waals surface area contributed by atoms with Crippen molar-refractivity contribution in [3.05, 3.63) is 11.8 Å². The first kappa shape index (κ1) is 12.9. The second-order valence-corrected chi connectivity index (χ2v) is 5.98. The maximum atomic E-state index is 10.8. The highest BCUT2D eigenvalue weighted by atomic mass is 16.5. The Morgan fingerprint density at radius 3 is 2.56 bits per heavy atom. The van der Waals surface area contributed by atoms with Crippen LogP contribution in [0.5, 0.6) is 0 Å². The van der Waals surface area contributed by atoms with Crippen molar-refractivity contribution in [3.63, 3.8) is 0 Å². The number of carbonyl (C=O) groups excluding carboxylic acids is 1. The smallest absolute Gasteiger partial charge is 0.302 e. The fourth-order valence-corrected chi connectivity index (χ4v) is 2.29. The van der Waals surface area contributed by atoms with E-state index in [4.69, 9.17) is 10.5 Å². The van der Waals surface area contributed by atoms with Crippen LogP contribution in [0.3, 0.4) is 0 Å². The summed E-state index contributed by atoms with van der Waals surface area (Å²) in [7, 11) is 0. The first-order valence-electron chi connectivity index (χ1n) is 6.30. The molecule has 0 aliphatic heterocycles. The molecule has 1 saturated carbocycles. The Hall–Kier alpha value is -1.52. The van der Waals surface area contributed by atoms with Gasteiger partial charge in [-0.2, -0.15) is 5.10 Å². The second kappa shape index (κ2) is 4.30. The number of nitrogens with two attached hydrogens (primary N) is 1. The molecule has 0 aromatic carbocycles. The molecule has 18 heavy (non-hydrogen) atoms. The standard InChI is InChI=1S/C13H21N3O2/c1-8(17)18-10-5-9(6-10)11-7-12(14)16(15-11)13(2,3)4/h7,9-10H,5-6,14H2,1-4H3/t9-,10+. The van der Waals surface area contributed by atoms with E-state index in [-0.39, 0.29) is 17.6 Å². The Morgan fingerprint density at radius 2 is 2.11 bits per heavy atom. The molecule has 5 nitrogen and oxygen atoms in total. The third-order valence-electron chi connectivity index (χ3n) is 3.24. The van der Waals surface area contributed by atoms with Gasteiger partial charge in [0.05, 0.1) is 11.2 Å². The van der Waals surface area contributed by atoms with Gasteiger partial charge >= 0.3 is 5.97 Å². The molecular formula is C13H21N3O2. The summed E-state index contributed by atoms with van der Waals surface area (Å²) in [6.45, 7) is 7.66. The number of hydrogen-bond donors (Lipinski definition) is 1. The van der Waals surface area contributed by atoms with Crippen LogP contribution in [-0.4, -0.2) is 21.9 Å². The van der Waals surface area contributed by atoms with Gasteiger partial charge in [-0.15, -0.1) is 0 Å². The fraction of sp³-hybridized carbons (Fsp3) is 0.692. The number of hydrogen-bond acceptors (Lipinski definition) is 4. The van der Waals surface area contributed by atoms with Crippen LogP contribution >= 0.6 is 0 Å². The SMILES string of the molecule is CC(=O)O[C@H]1C[C@@H](c2cc(N)n(C(C)(C)C)n2)C1. The van der Waals surface area contributed by atoms with Gasteiger partial charge < -0.3 is 10.5 Å². The topological polar surface area (TPSA) is 70.1 Å². The Kier molecular flexibility index (Phi) is 3.09. The van der Waals surface area contributed by atoms with E-state index >= 15 is 0 Å². The van der Waals surface area contributed by atoms with Crippen LogP contribution in [0, 0.1) is 0 Å². The number of aromatic nitrogens is 2. The maximum absolute atomic E-state index is 10.8. The molecule has 1 aromatic heterocycles. The van der Waals surface area contributed by atoms with Gasteiger partial charge in [0.1, 0.15) is 11.9 Å². The predicted octanol–water partition coefficient (Wildman–Crippen LogP) is 2.03. The van der Waals surface area contributed by atoms with Crippen molar-refractivity contribution in [2.75, 3.05) is 5.73 Å². The van der Waals surface area contributed by atoms with Crippen molar-refractivity contribution >= 4 is 11.8 Å². The summed E-state index contributed by atoms with van der Waals surface area (Å²) in [6, 6.07) is 1.93. The quantitative estimate of drug-likeness (QED) is 0.816. The molecule has 0 amide bonds. The summed E-state index contributed by atoms with van der Waals surface area (Å²) >= 11 is 0. The van der Waals surface area contributed by atoms with Gasteiger partial charge in [-0.05, 0) is 33.6 Å². The van der Waals surface area contributed by atoms with Gasteiger partial charge in [-0.1, -0.05) is 0 Å². The van der Waals surface area contributed by atoms with E-state index in [0.717, 1.165) is 18.5 Å². The lowest BCUT2D eigenvalue weighted by molar-refractivity contribution is -0.151. The molecule has 1 aliphatic rings. The summed E-state index contributed by atoms with van der Waals surface area (Å²) < 4.78 is 6.99. The second-order valence-electron chi connectivity index (χ2n) is 5.98. The van der Waals surface area contributed by atoms with Gasteiger partial charge in [0.25, 0.3) is 0 Å². The van der Waals surface area contributed by atoms with Crippen LogP contribution in [0.4, 0.5) is 5.82 Å². The summed E-state index contributed by atoms with van der Waals surface area (Å²) in [5.74, 6) is 0.840. The molecule has 2 rings (SSSR count). The largest absolute Gasteiger partial charge is 0.463 e. The number of esters is 1. The summed E-state index contributed by atoms with van der Waals surface area (Å²) in [6.07, 6.45) is 1.74. The monoisotopic (exact) mass is 251 g/mol. The molecular weight excluding hydrogens is 230 g/mol. The summed E-state index contributed by atoms with van der Waals surface area (Å²) in [4.78, 5) is 10.8. The van der Waals surface area contributed by atoms with Gasteiger partial charge in [0.2, 0.25) is 0 Å². The minimum atomic E-state index is -0.210. The van der Waals surface area contributed by atoms with E-state index < -0.39 is 0 Å². The Labute approximate surface area is 107 Å². The molecule has 0 radical (unpaired) electrons. The van der Waals surface area contributed by atoms with Crippen molar-refractivity contribution in [2.45, 2.75) is 58.1 Å². The van der Waals surface area contributed by atoms with Crippen LogP contribution in [0.15, 0.2) is 6.07 Å². The summed E-state index contributed by atoms with van der Waals surface area (Å²) in [5.41, 5.74) is 6.87. The van der Waals surface area contributed by atoms with E-state index in [1.54, 1.807) is 0 Å². The number of nitrogens with zero attached hydrogens (tertiary/aromatic N) is 2. The lowest BCUT2D eigenvalue weighted by atomic mass is 9.80. The molecule has 1 heterocycles. The van der Waals surface area contributed by atoms with Crippen LogP contribution in [0.1, 0.15) is 52.1 Å². The number of anilines is 1. The number of carbonyl (C=O) groups is 1. The van der Waals surface area contributed by atoms with Crippen LogP contribution in [0.2, 0.25) is 0 Å². The van der Waals surface area contributed by atoms with Crippen LogP contribution in [-0.2, 0) is 15.1 Å². The first-order chi connectivity index (χ1) is 8.27. The van der Waals surface area contributed by atoms with Crippen molar-refractivity contribution in [2.24, 2.45) is 0 Å². The first-order valence-corrected chi connectivity index (χ1v) is 6.30. The van der Waals surface area contributed by atoms with Crippen molar-refractivity contribution < 1.29 is 9.53 Å². The molecule has 100 valence electrons. The molecule has 0 spiro atoms. The van der Waals surface area contributed by atoms with Crippen molar-refractivity contribution in [1.29, 1.82) is 0 Å². The number of nitrogen functional groups attached to an aromatic ring is 1. The van der Waals surface area contributed by atoms with E-state index in [0.29, 0.717) is 11.7 Å². The number of ether oxygens (including phenoxy) is 1. The molecule has 2 N–H and O–H groups in total. The zero-order valence-electron chi connectivity index (χ0n) is 11.4. The average Bonchev–Trinajstić information content (AvgIpc) is 2.51. The zero-order valence-corrected chi connectivity index (χ0v) is 11.4. The minimum absolute atomic E-state index is 0.0495. The summed E-state index contributed by atoms with van der Waals surface area (Å²) in [5, 5.41) is 4.57. The van der Waals surface area contributed by atoms with E-state index in [1.807, 2.05) is 10.7 Å². The third-order valence-corrected chi connectivity index (χ3v) is 3.24. The van der Waals surface area contributed by atoms with E-state index in [2.05, 4.69) is 25.9 Å². The molecule has 0 saturated heterocycles. The highest BCUT2D eigenvalue weighted by Gasteiger charge is 2.35. The van der Waals surface area contributed by atoms with E-state index in [1.165, 1.54) is 6.92 Å². The average molecular weight is 251 g/mol. The molecule has 1 aromatic rings. The molecule has 0 atom stereocenters. The molecule has 0 unspecified atom stereocenters. The van der Waals surface area contributed by atoms with Gasteiger partial charge in [-0.25, -0.2) is 4.68 Å². The Bertz CT molecular complexity index is 453. The third kappa shape index (κ3) is 2.49. The van der Waals surface area contributed by atoms with Gasteiger partial charge in [0, 0.05) is 18.9 Å². The Balaban J connectivity index is 2.03. The number of rotatable bonds is 2. The van der Waals surface area contributed by atoms with Crippen LogP contribution in [0.25, 0.3) is 0 Å². The van der Waals surface area contributed by atoms with E-state index in [9.17, 15) is 4.79 Å². The predicted molar refractivity (Wildman–Crippen MR) is 69.2 cm³/mol. The normalized spacial score (nSPS) is 23.6. The van der Waals surface area contributed by atoms with Crippen molar-refractivity contribution in [3.8, 4) is 0 Å². The fourth-order valence-electron chi connectivity index (χ4n) is 2.29. The molecule has 0 bridgehead atoms. The van der Waals surface area contributed by atoms with Gasteiger partial charge in [-0.3, -0.25) is 4.79 Å². The maximum Gasteiger partial charge on any atom is 0.302 e. The highest BCUT2D eigenvalue weighted by Crippen LogP contribution is 2.39. The lowest BCUT2D eigenvalue weighted by Gasteiger charge is -2.33.